The Morgan fingerprint density at radius 3 is 2.30 bits per heavy atom. The number of nitrogens with zero attached hydrogens (tertiary/aromatic N) is 1. The van der Waals surface area contributed by atoms with Crippen LogP contribution in [0.1, 0.15) is 39.7 Å². The average molecular weight is 282 g/mol. The van der Waals surface area contributed by atoms with Crippen LogP contribution in [-0.2, 0) is 6.54 Å². The van der Waals surface area contributed by atoms with Gasteiger partial charge in [0.25, 0.3) is 0 Å². The van der Waals surface area contributed by atoms with Gasteiger partial charge in [-0.05, 0) is 37.0 Å². The van der Waals surface area contributed by atoms with E-state index in [-0.39, 0.29) is 11.7 Å². The van der Waals surface area contributed by atoms with Gasteiger partial charge in [0.1, 0.15) is 17.3 Å². The molecule has 1 fully saturated rings. The molecule has 1 heterocycles. The molecule has 0 bridgehead atoms. The molecule has 2 unspecified atom stereocenters. The molecule has 2 nitrogen and oxygen atoms in total. The van der Waals surface area contributed by atoms with E-state index in [4.69, 9.17) is 0 Å². The summed E-state index contributed by atoms with van der Waals surface area (Å²) in [7, 11) is 0. The van der Waals surface area contributed by atoms with Crippen LogP contribution in [-0.4, -0.2) is 18.6 Å². The van der Waals surface area contributed by atoms with Crippen molar-refractivity contribution in [3.05, 3.63) is 29.3 Å². The van der Waals surface area contributed by atoms with Crippen molar-refractivity contribution < 1.29 is 8.78 Å². The molecule has 4 heteroatoms. The van der Waals surface area contributed by atoms with E-state index in [0.717, 1.165) is 13.0 Å². The van der Waals surface area contributed by atoms with Crippen LogP contribution in [0, 0.1) is 17.6 Å². The first kappa shape index (κ1) is 15.2. The van der Waals surface area contributed by atoms with Gasteiger partial charge in [0.2, 0.25) is 0 Å². The summed E-state index contributed by atoms with van der Waals surface area (Å²) in [5.41, 5.74) is 0.785. The summed E-state index contributed by atoms with van der Waals surface area (Å²) in [6, 6.07) is 3.38. The SMILES string of the molecule is CC1CC(C)N(c2c(F)cc(CNC(C)C)cc2F)C1. The van der Waals surface area contributed by atoms with Crippen molar-refractivity contribution in [2.24, 2.45) is 5.92 Å². The molecule has 0 radical (unpaired) electrons. The molecular weight excluding hydrogens is 258 g/mol. The molecule has 0 spiro atoms. The van der Waals surface area contributed by atoms with Gasteiger partial charge >= 0.3 is 0 Å². The normalized spacial score (nSPS) is 22.9. The van der Waals surface area contributed by atoms with Gasteiger partial charge in [-0.15, -0.1) is 0 Å². The monoisotopic (exact) mass is 282 g/mol. The Morgan fingerprint density at radius 2 is 1.85 bits per heavy atom. The summed E-state index contributed by atoms with van der Waals surface area (Å²) in [5, 5.41) is 3.17. The summed E-state index contributed by atoms with van der Waals surface area (Å²) in [6.07, 6.45) is 0.982. The third kappa shape index (κ3) is 3.29. The van der Waals surface area contributed by atoms with Gasteiger partial charge in [0.15, 0.2) is 0 Å². The molecule has 1 aromatic carbocycles. The van der Waals surface area contributed by atoms with E-state index in [1.54, 1.807) is 0 Å². The number of anilines is 1. The molecule has 0 aromatic heterocycles. The molecule has 2 rings (SSSR count). The van der Waals surface area contributed by atoms with Gasteiger partial charge < -0.3 is 10.2 Å². The van der Waals surface area contributed by atoms with Gasteiger partial charge in [0.05, 0.1) is 0 Å². The average Bonchev–Trinajstić information content (AvgIpc) is 2.65. The fourth-order valence-electron chi connectivity index (χ4n) is 2.93. The van der Waals surface area contributed by atoms with E-state index in [2.05, 4.69) is 12.2 Å². The molecule has 1 saturated heterocycles. The highest BCUT2D eigenvalue weighted by atomic mass is 19.1. The third-order valence-corrected chi connectivity index (χ3v) is 3.86. The Kier molecular flexibility index (Phi) is 4.63. The minimum atomic E-state index is -0.452. The predicted molar refractivity (Wildman–Crippen MR) is 78.9 cm³/mol. The summed E-state index contributed by atoms with van der Waals surface area (Å²) in [6.45, 7) is 9.36. The van der Waals surface area contributed by atoms with Crippen LogP contribution in [0.15, 0.2) is 12.1 Å². The lowest BCUT2D eigenvalue weighted by molar-refractivity contribution is 0.552. The van der Waals surface area contributed by atoms with Gasteiger partial charge in [-0.2, -0.15) is 0 Å². The van der Waals surface area contributed by atoms with Gasteiger partial charge in [-0.3, -0.25) is 0 Å². The third-order valence-electron chi connectivity index (χ3n) is 3.86. The molecule has 0 aliphatic carbocycles. The maximum absolute atomic E-state index is 14.3. The Bertz CT molecular complexity index is 451. The standard InChI is InChI=1S/C16H24F2N2/c1-10(2)19-8-13-6-14(17)16(15(18)7-13)20-9-11(3)5-12(20)4/h6-7,10-12,19H,5,8-9H2,1-4H3. The second-order valence-corrected chi connectivity index (χ2v) is 6.29. The number of hydrogen-bond acceptors (Lipinski definition) is 2. The Labute approximate surface area is 120 Å². The minimum Gasteiger partial charge on any atom is -0.364 e. The van der Waals surface area contributed by atoms with Crippen molar-refractivity contribution in [2.75, 3.05) is 11.4 Å². The zero-order chi connectivity index (χ0) is 14.9. The van der Waals surface area contributed by atoms with E-state index in [0.29, 0.717) is 24.1 Å². The predicted octanol–water partition coefficient (Wildman–Crippen LogP) is 3.70. The van der Waals surface area contributed by atoms with Crippen LogP contribution in [0.3, 0.4) is 0 Å². The molecule has 0 saturated carbocycles. The highest BCUT2D eigenvalue weighted by Gasteiger charge is 2.30. The number of hydrogen-bond donors (Lipinski definition) is 1. The molecule has 112 valence electrons. The van der Waals surface area contributed by atoms with Gasteiger partial charge in [-0.25, -0.2) is 8.78 Å². The summed E-state index contributed by atoms with van der Waals surface area (Å²) in [5.74, 6) is -0.427. The van der Waals surface area contributed by atoms with Gasteiger partial charge in [0, 0.05) is 25.2 Å². The topological polar surface area (TPSA) is 15.3 Å². The van der Waals surface area contributed by atoms with E-state index >= 15 is 0 Å². The maximum atomic E-state index is 14.3. The lowest BCUT2D eigenvalue weighted by Crippen LogP contribution is -2.29. The first-order valence-corrected chi connectivity index (χ1v) is 7.36. The zero-order valence-electron chi connectivity index (χ0n) is 12.7. The summed E-state index contributed by atoms with van der Waals surface area (Å²) >= 11 is 0. The number of benzene rings is 1. The second-order valence-electron chi connectivity index (χ2n) is 6.29. The lowest BCUT2D eigenvalue weighted by Gasteiger charge is -2.25. The van der Waals surface area contributed by atoms with Crippen LogP contribution < -0.4 is 10.2 Å². The molecule has 1 aromatic rings. The molecule has 1 aliphatic heterocycles. The lowest BCUT2D eigenvalue weighted by atomic mass is 10.1. The Morgan fingerprint density at radius 1 is 1.25 bits per heavy atom. The molecule has 1 N–H and O–H groups in total. The minimum absolute atomic E-state index is 0.134. The fourth-order valence-corrected chi connectivity index (χ4v) is 2.93. The Balaban J connectivity index is 2.23. The molecular formula is C16H24F2N2. The molecule has 1 aliphatic rings. The number of nitrogens with one attached hydrogen (secondary N) is 1. The van der Waals surface area contributed by atoms with Crippen LogP contribution in [0.4, 0.5) is 14.5 Å². The van der Waals surface area contributed by atoms with Crippen molar-refractivity contribution in [3.8, 4) is 0 Å². The molecule has 2 atom stereocenters. The van der Waals surface area contributed by atoms with Crippen LogP contribution in [0.2, 0.25) is 0 Å². The Hall–Kier alpha value is -1.16. The molecule has 20 heavy (non-hydrogen) atoms. The highest BCUT2D eigenvalue weighted by molar-refractivity contribution is 5.52. The highest BCUT2D eigenvalue weighted by Crippen LogP contribution is 2.33. The summed E-state index contributed by atoms with van der Waals surface area (Å²) in [4.78, 5) is 1.86. The van der Waals surface area contributed by atoms with E-state index in [1.807, 2.05) is 25.7 Å². The van der Waals surface area contributed by atoms with Crippen LogP contribution in [0.5, 0.6) is 0 Å². The van der Waals surface area contributed by atoms with Crippen molar-refractivity contribution in [2.45, 2.75) is 52.7 Å². The van der Waals surface area contributed by atoms with E-state index in [1.165, 1.54) is 12.1 Å². The fraction of sp³-hybridized carbons (Fsp3) is 0.625. The molecule has 0 amide bonds. The van der Waals surface area contributed by atoms with Crippen molar-refractivity contribution in [1.82, 2.24) is 5.32 Å². The quantitative estimate of drug-likeness (QED) is 0.906. The summed E-state index contributed by atoms with van der Waals surface area (Å²) < 4.78 is 28.6. The number of halogens is 2. The van der Waals surface area contributed by atoms with Crippen LogP contribution in [0.25, 0.3) is 0 Å². The van der Waals surface area contributed by atoms with Crippen molar-refractivity contribution in [3.63, 3.8) is 0 Å². The smallest absolute Gasteiger partial charge is 0.149 e. The zero-order valence-corrected chi connectivity index (χ0v) is 12.7. The van der Waals surface area contributed by atoms with Crippen molar-refractivity contribution in [1.29, 1.82) is 0 Å². The second kappa shape index (κ2) is 6.08. The van der Waals surface area contributed by atoms with Crippen molar-refractivity contribution >= 4 is 5.69 Å². The first-order valence-electron chi connectivity index (χ1n) is 7.36. The van der Waals surface area contributed by atoms with Gasteiger partial charge in [-0.1, -0.05) is 20.8 Å². The maximum Gasteiger partial charge on any atom is 0.149 e. The van der Waals surface area contributed by atoms with Crippen LogP contribution >= 0.6 is 0 Å². The first-order chi connectivity index (χ1) is 9.38. The number of rotatable bonds is 4. The van der Waals surface area contributed by atoms with E-state index < -0.39 is 11.6 Å². The largest absolute Gasteiger partial charge is 0.364 e. The van der Waals surface area contributed by atoms with E-state index in [9.17, 15) is 8.78 Å².